The molecule has 106 valence electrons. The third kappa shape index (κ3) is 17.7. The van der Waals surface area contributed by atoms with Crippen LogP contribution in [-0.4, -0.2) is 25.1 Å². The number of urea groups is 1. The molecule has 0 aromatic rings. The van der Waals surface area contributed by atoms with Crippen molar-refractivity contribution in [2.24, 2.45) is 0 Å². The Morgan fingerprint density at radius 1 is 0.895 bits per heavy atom. The maximum atomic E-state index is 11.2. The Hall–Kier alpha value is -0.260. The normalized spacial score (nSPS) is 9.53. The molecule has 0 atom stereocenters. The fraction of sp³-hybridized carbons (Fsp3) is 0.846. The summed E-state index contributed by atoms with van der Waals surface area (Å²) in [6, 6.07) is -0.220. The summed E-state index contributed by atoms with van der Waals surface area (Å²) in [5.41, 5.74) is 0. The summed E-state index contributed by atoms with van der Waals surface area (Å²) in [5, 5.41) is 15.5. The predicted octanol–water partition coefficient (Wildman–Crippen LogP) is -1.82. The first-order valence-electron chi connectivity index (χ1n) is 6.88. The van der Waals surface area contributed by atoms with Gasteiger partial charge in [0.2, 0.25) is 0 Å². The van der Waals surface area contributed by atoms with Crippen molar-refractivity contribution in [3.63, 3.8) is 0 Å². The number of carboxylic acids is 1. The van der Waals surface area contributed by atoms with Gasteiger partial charge in [-0.25, -0.2) is 4.79 Å². The number of carbonyl (C=O) groups excluding carboxylic acids is 2. The summed E-state index contributed by atoms with van der Waals surface area (Å²) in [4.78, 5) is 21.4. The number of carbonyl (C=O) groups is 2. The number of amides is 2. The molecule has 0 saturated carbocycles. The van der Waals surface area contributed by atoms with Crippen LogP contribution in [0.25, 0.3) is 0 Å². The van der Waals surface area contributed by atoms with E-state index >= 15 is 0 Å². The molecule has 0 radical (unpaired) electrons. The van der Waals surface area contributed by atoms with Crippen LogP contribution >= 0.6 is 0 Å². The van der Waals surface area contributed by atoms with Gasteiger partial charge >= 0.3 is 35.6 Å². The molecule has 5 nitrogen and oxygen atoms in total. The quantitative estimate of drug-likeness (QED) is 0.345. The van der Waals surface area contributed by atoms with E-state index < -0.39 is 5.97 Å². The molecule has 0 aromatic carbocycles. The van der Waals surface area contributed by atoms with Crippen LogP contribution in [0.4, 0.5) is 4.79 Å². The number of nitrogens with one attached hydrogen (secondary N) is 2. The first kappa shape index (κ1) is 21.0. The number of unbranched alkanes of at least 4 members (excludes halogenated alkanes) is 5. The van der Waals surface area contributed by atoms with Crippen molar-refractivity contribution in [1.82, 2.24) is 10.6 Å². The Bertz CT molecular complexity index is 238. The van der Waals surface area contributed by atoms with Crippen molar-refractivity contribution in [3.8, 4) is 0 Å². The molecule has 0 spiro atoms. The first-order valence-corrected chi connectivity index (χ1v) is 6.88. The molecule has 19 heavy (non-hydrogen) atoms. The SMILES string of the molecule is CCCCCCCCNC(=O)NCCCC(=O)[O-].[Na+]. The van der Waals surface area contributed by atoms with Crippen LogP contribution in [0.1, 0.15) is 58.3 Å². The third-order valence-electron chi connectivity index (χ3n) is 2.66. The molecule has 6 heteroatoms. The minimum atomic E-state index is -1.08. The van der Waals surface area contributed by atoms with Crippen molar-refractivity contribution in [2.45, 2.75) is 58.3 Å². The Balaban J connectivity index is 0. The van der Waals surface area contributed by atoms with Crippen molar-refractivity contribution < 1.29 is 44.3 Å². The summed E-state index contributed by atoms with van der Waals surface area (Å²) in [7, 11) is 0. The average molecular weight is 280 g/mol. The van der Waals surface area contributed by atoms with Crippen LogP contribution in [0.2, 0.25) is 0 Å². The maximum absolute atomic E-state index is 11.2. The second-order valence-corrected chi connectivity index (χ2v) is 4.43. The van der Waals surface area contributed by atoms with Gasteiger partial charge in [0.15, 0.2) is 0 Å². The van der Waals surface area contributed by atoms with E-state index in [0.29, 0.717) is 19.5 Å². The van der Waals surface area contributed by atoms with Crippen molar-refractivity contribution in [1.29, 1.82) is 0 Å². The Morgan fingerprint density at radius 2 is 1.42 bits per heavy atom. The number of rotatable bonds is 11. The van der Waals surface area contributed by atoms with Gasteiger partial charge in [-0.05, 0) is 19.3 Å². The van der Waals surface area contributed by atoms with Gasteiger partial charge in [-0.3, -0.25) is 0 Å². The summed E-state index contributed by atoms with van der Waals surface area (Å²) in [6.07, 6.45) is 7.55. The van der Waals surface area contributed by atoms with Gasteiger partial charge in [-0.1, -0.05) is 39.0 Å². The Morgan fingerprint density at radius 3 is 2.00 bits per heavy atom. The molecular weight excluding hydrogens is 255 g/mol. The molecular formula is C13H25N2NaO3. The molecule has 0 aromatic heterocycles. The maximum Gasteiger partial charge on any atom is 1.00 e. The van der Waals surface area contributed by atoms with Gasteiger partial charge < -0.3 is 20.5 Å². The first-order chi connectivity index (χ1) is 8.66. The molecule has 0 heterocycles. The van der Waals surface area contributed by atoms with E-state index in [0.717, 1.165) is 12.8 Å². The summed E-state index contributed by atoms with van der Waals surface area (Å²) in [5.74, 6) is -1.08. The molecule has 0 aliphatic heterocycles. The van der Waals surface area contributed by atoms with Crippen molar-refractivity contribution in [3.05, 3.63) is 0 Å². The van der Waals surface area contributed by atoms with E-state index in [1.54, 1.807) is 0 Å². The standard InChI is InChI=1S/C13H26N2O3.Na/c1-2-3-4-5-6-7-10-14-13(18)15-11-8-9-12(16)17;/h2-11H2,1H3,(H,16,17)(H2,14,15,18);/q;+1/p-1. The van der Waals surface area contributed by atoms with Crippen LogP contribution in [0, 0.1) is 0 Å². The van der Waals surface area contributed by atoms with E-state index in [2.05, 4.69) is 17.6 Å². The Kier molecular flexibility index (Phi) is 17.5. The van der Waals surface area contributed by atoms with Crippen LogP contribution in [0.15, 0.2) is 0 Å². The molecule has 2 N–H and O–H groups in total. The summed E-state index contributed by atoms with van der Waals surface area (Å²) >= 11 is 0. The average Bonchev–Trinajstić information content (AvgIpc) is 2.33. The van der Waals surface area contributed by atoms with Gasteiger partial charge in [-0.15, -0.1) is 0 Å². The fourth-order valence-electron chi connectivity index (χ4n) is 1.60. The molecule has 0 fully saturated rings. The minimum Gasteiger partial charge on any atom is -0.550 e. The zero-order chi connectivity index (χ0) is 13.6. The largest absolute Gasteiger partial charge is 1.00 e. The van der Waals surface area contributed by atoms with E-state index in [1.165, 1.54) is 25.7 Å². The zero-order valence-electron chi connectivity index (χ0n) is 12.3. The number of carboxylic acid groups (broad SMARTS) is 1. The van der Waals surface area contributed by atoms with Crippen LogP contribution < -0.4 is 45.3 Å². The van der Waals surface area contributed by atoms with E-state index in [9.17, 15) is 14.7 Å². The van der Waals surface area contributed by atoms with Gasteiger partial charge in [0, 0.05) is 19.1 Å². The van der Waals surface area contributed by atoms with E-state index in [1.807, 2.05) is 0 Å². The number of hydrogen-bond acceptors (Lipinski definition) is 3. The van der Waals surface area contributed by atoms with Crippen LogP contribution in [-0.2, 0) is 4.79 Å². The fourth-order valence-corrected chi connectivity index (χ4v) is 1.60. The Labute approximate surface area is 138 Å². The minimum absolute atomic E-state index is 0. The third-order valence-corrected chi connectivity index (χ3v) is 2.66. The molecule has 0 rings (SSSR count). The van der Waals surface area contributed by atoms with Crippen LogP contribution in [0.5, 0.6) is 0 Å². The molecule has 0 aliphatic rings. The predicted molar refractivity (Wildman–Crippen MR) is 69.0 cm³/mol. The second kappa shape index (κ2) is 15.8. The van der Waals surface area contributed by atoms with Crippen LogP contribution in [0.3, 0.4) is 0 Å². The zero-order valence-corrected chi connectivity index (χ0v) is 14.3. The van der Waals surface area contributed by atoms with E-state index in [4.69, 9.17) is 0 Å². The van der Waals surface area contributed by atoms with Gasteiger partial charge in [0.1, 0.15) is 0 Å². The molecule has 2 amide bonds. The molecule has 0 unspecified atom stereocenters. The van der Waals surface area contributed by atoms with Gasteiger partial charge in [-0.2, -0.15) is 0 Å². The number of aliphatic carboxylic acids is 1. The molecule has 0 saturated heterocycles. The second-order valence-electron chi connectivity index (χ2n) is 4.43. The van der Waals surface area contributed by atoms with Gasteiger partial charge in [0.05, 0.1) is 0 Å². The topological polar surface area (TPSA) is 81.3 Å². The summed E-state index contributed by atoms with van der Waals surface area (Å²) < 4.78 is 0. The van der Waals surface area contributed by atoms with Gasteiger partial charge in [0.25, 0.3) is 0 Å². The van der Waals surface area contributed by atoms with E-state index in [-0.39, 0.29) is 42.0 Å². The monoisotopic (exact) mass is 280 g/mol. The summed E-state index contributed by atoms with van der Waals surface area (Å²) in [6.45, 7) is 3.24. The molecule has 0 bridgehead atoms. The van der Waals surface area contributed by atoms with Crippen molar-refractivity contribution >= 4 is 12.0 Å². The molecule has 0 aliphatic carbocycles. The number of hydrogen-bond donors (Lipinski definition) is 2. The smallest absolute Gasteiger partial charge is 0.550 e. The van der Waals surface area contributed by atoms with Crippen molar-refractivity contribution in [2.75, 3.05) is 13.1 Å².